The Balaban J connectivity index is 1.80. The lowest BCUT2D eigenvalue weighted by Gasteiger charge is -2.65. The third kappa shape index (κ3) is 1.75. The van der Waals surface area contributed by atoms with Gasteiger partial charge in [-0.25, -0.2) is 0 Å². The van der Waals surface area contributed by atoms with Crippen molar-refractivity contribution in [3.05, 3.63) is 12.2 Å². The van der Waals surface area contributed by atoms with Gasteiger partial charge >= 0.3 is 0 Å². The molecule has 2 bridgehead atoms. The maximum atomic E-state index is 13.6. The molecular weight excluding hydrogens is 348 g/mol. The fourth-order valence-corrected chi connectivity index (χ4v) is 8.09. The van der Waals surface area contributed by atoms with Crippen molar-refractivity contribution < 1.29 is 29.6 Å². The van der Waals surface area contributed by atoms with Crippen molar-refractivity contribution in [3.8, 4) is 0 Å². The fraction of sp³-hybridized carbons (Fsp3) is 0.857. The molecule has 4 saturated carbocycles. The molecule has 4 aliphatic carbocycles. The van der Waals surface area contributed by atoms with Gasteiger partial charge in [-0.1, -0.05) is 20.4 Å². The van der Waals surface area contributed by atoms with Gasteiger partial charge in [0.15, 0.2) is 12.1 Å². The molecule has 150 valence electrons. The predicted molar refractivity (Wildman–Crippen MR) is 95.4 cm³/mol. The molecule has 1 saturated heterocycles. The van der Waals surface area contributed by atoms with Crippen LogP contribution in [0.2, 0.25) is 0 Å². The minimum absolute atomic E-state index is 0.00431. The Labute approximate surface area is 159 Å². The smallest absolute Gasteiger partial charge is 0.171 e. The molecule has 0 aromatic rings. The molecule has 6 nitrogen and oxygen atoms in total. The van der Waals surface area contributed by atoms with Gasteiger partial charge in [0, 0.05) is 18.9 Å². The SMILES string of the molecule is C=C1C2C[C@H]3O[C@H](OC)[C@]45C3[C@](C2)(C(=O)[C@@H](O)[C@@H]4C(C)(C)CC[C@@H]5O)[C@@H]1O. The molecule has 5 fully saturated rings. The van der Waals surface area contributed by atoms with Gasteiger partial charge in [0.1, 0.15) is 6.10 Å². The van der Waals surface area contributed by atoms with Gasteiger partial charge in [0.05, 0.1) is 29.1 Å². The standard InChI is InChI=1S/C21H30O6/c1-9-10-7-11-14-20(8-10,16(9)24)17(25)13(23)15-19(2,3)6-5-12(22)21(14,15)18(26-4)27-11/h10-16,18,22-24H,1,5-8H2,2-4H3/t10?,11-,12+,13+,14?,15-,16-,18+,20+,21-/m1/s1. The Bertz CT molecular complexity index is 717. The first-order valence-electron chi connectivity index (χ1n) is 10.1. The fourth-order valence-electron chi connectivity index (χ4n) is 8.09. The average molecular weight is 378 g/mol. The second-order valence-corrected chi connectivity index (χ2v) is 10.2. The minimum Gasteiger partial charge on any atom is -0.392 e. The van der Waals surface area contributed by atoms with Crippen LogP contribution in [-0.4, -0.2) is 58.9 Å². The highest BCUT2D eigenvalue weighted by Gasteiger charge is 2.82. The van der Waals surface area contributed by atoms with Gasteiger partial charge in [0.2, 0.25) is 0 Å². The molecular formula is C21H30O6. The molecule has 0 amide bonds. The van der Waals surface area contributed by atoms with Crippen LogP contribution in [0.25, 0.3) is 0 Å². The molecule has 10 atom stereocenters. The van der Waals surface area contributed by atoms with E-state index in [4.69, 9.17) is 9.47 Å². The summed E-state index contributed by atoms with van der Waals surface area (Å²) in [5.41, 5.74) is -1.74. The van der Waals surface area contributed by atoms with Crippen molar-refractivity contribution in [2.24, 2.45) is 34.0 Å². The van der Waals surface area contributed by atoms with Gasteiger partial charge < -0.3 is 24.8 Å². The van der Waals surface area contributed by atoms with Crippen LogP contribution in [0.3, 0.4) is 0 Å². The zero-order valence-corrected chi connectivity index (χ0v) is 16.2. The number of hydrogen-bond donors (Lipinski definition) is 3. The van der Waals surface area contributed by atoms with Gasteiger partial charge in [0.25, 0.3) is 0 Å². The van der Waals surface area contributed by atoms with Gasteiger partial charge in [-0.15, -0.1) is 0 Å². The number of Topliss-reactive ketones (excluding diaryl/α,β-unsaturated/α-hetero) is 1. The van der Waals surface area contributed by atoms with Crippen molar-refractivity contribution in [3.63, 3.8) is 0 Å². The summed E-state index contributed by atoms with van der Waals surface area (Å²) in [4.78, 5) is 13.6. The molecule has 27 heavy (non-hydrogen) atoms. The van der Waals surface area contributed by atoms with Crippen LogP contribution in [0.15, 0.2) is 12.2 Å². The first kappa shape index (κ1) is 18.3. The van der Waals surface area contributed by atoms with Crippen LogP contribution < -0.4 is 0 Å². The van der Waals surface area contributed by atoms with Crippen molar-refractivity contribution >= 4 is 5.78 Å². The Morgan fingerprint density at radius 3 is 2.59 bits per heavy atom. The lowest BCUT2D eigenvalue weighted by atomic mass is 9.38. The summed E-state index contributed by atoms with van der Waals surface area (Å²) in [7, 11) is 1.56. The Morgan fingerprint density at radius 1 is 1.22 bits per heavy atom. The highest BCUT2D eigenvalue weighted by atomic mass is 16.7. The molecule has 0 aromatic carbocycles. The van der Waals surface area contributed by atoms with Crippen molar-refractivity contribution in [2.75, 3.05) is 7.11 Å². The number of aliphatic hydroxyl groups excluding tert-OH is 3. The summed E-state index contributed by atoms with van der Waals surface area (Å²) >= 11 is 0. The van der Waals surface area contributed by atoms with E-state index in [1.54, 1.807) is 7.11 Å². The summed E-state index contributed by atoms with van der Waals surface area (Å²) in [6, 6.07) is 0. The highest BCUT2D eigenvalue weighted by molar-refractivity contribution is 5.93. The third-order valence-corrected chi connectivity index (χ3v) is 8.91. The minimum atomic E-state index is -1.26. The van der Waals surface area contributed by atoms with Crippen molar-refractivity contribution in [1.29, 1.82) is 0 Å². The molecule has 5 aliphatic rings. The second kappa shape index (κ2) is 5.22. The number of methoxy groups -OCH3 is 1. The number of ketones is 1. The molecule has 0 radical (unpaired) electrons. The first-order chi connectivity index (χ1) is 12.6. The molecule has 3 N–H and O–H groups in total. The van der Waals surface area contributed by atoms with Crippen LogP contribution >= 0.6 is 0 Å². The quantitative estimate of drug-likeness (QED) is 0.590. The van der Waals surface area contributed by atoms with E-state index in [-0.39, 0.29) is 29.1 Å². The molecule has 2 unspecified atom stereocenters. The van der Waals surface area contributed by atoms with Crippen LogP contribution in [0.5, 0.6) is 0 Å². The number of ether oxygens (including phenoxy) is 2. The van der Waals surface area contributed by atoms with Gasteiger partial charge in [-0.3, -0.25) is 4.79 Å². The molecule has 1 aliphatic heterocycles. The molecule has 1 heterocycles. The molecule has 2 spiro atoms. The van der Waals surface area contributed by atoms with Crippen molar-refractivity contribution in [1.82, 2.24) is 0 Å². The Morgan fingerprint density at radius 2 is 1.93 bits per heavy atom. The maximum absolute atomic E-state index is 13.6. The maximum Gasteiger partial charge on any atom is 0.171 e. The lowest BCUT2D eigenvalue weighted by Crippen LogP contribution is -2.74. The van der Waals surface area contributed by atoms with E-state index in [0.29, 0.717) is 31.3 Å². The van der Waals surface area contributed by atoms with E-state index in [9.17, 15) is 20.1 Å². The van der Waals surface area contributed by atoms with Crippen LogP contribution in [0, 0.1) is 34.0 Å². The first-order valence-corrected chi connectivity index (χ1v) is 10.1. The molecule has 5 rings (SSSR count). The summed E-state index contributed by atoms with van der Waals surface area (Å²) in [5, 5.41) is 33.8. The summed E-state index contributed by atoms with van der Waals surface area (Å²) < 4.78 is 12.1. The zero-order chi connectivity index (χ0) is 19.5. The Hall–Kier alpha value is -0.790. The number of fused-ring (bicyclic) bond motifs is 1. The Kier molecular flexibility index (Phi) is 3.53. The number of carbonyl (C=O) groups excluding carboxylic acids is 1. The van der Waals surface area contributed by atoms with E-state index in [2.05, 4.69) is 20.4 Å². The lowest BCUT2D eigenvalue weighted by molar-refractivity contribution is -0.272. The topological polar surface area (TPSA) is 96.2 Å². The van der Waals surface area contributed by atoms with Gasteiger partial charge in [-0.2, -0.15) is 0 Å². The highest BCUT2D eigenvalue weighted by Crippen LogP contribution is 2.75. The summed E-state index contributed by atoms with van der Waals surface area (Å²) in [5.74, 6) is -1.16. The van der Waals surface area contributed by atoms with E-state index in [1.165, 1.54) is 0 Å². The van der Waals surface area contributed by atoms with E-state index in [1.807, 2.05) is 0 Å². The summed E-state index contributed by atoms with van der Waals surface area (Å²) in [6.45, 7) is 8.16. The normalized spacial score (nSPS) is 58.1. The van der Waals surface area contributed by atoms with Crippen LogP contribution in [-0.2, 0) is 14.3 Å². The number of rotatable bonds is 1. The zero-order valence-electron chi connectivity index (χ0n) is 16.2. The second-order valence-electron chi connectivity index (χ2n) is 10.2. The van der Waals surface area contributed by atoms with E-state index in [0.717, 1.165) is 0 Å². The van der Waals surface area contributed by atoms with E-state index >= 15 is 0 Å². The monoisotopic (exact) mass is 378 g/mol. The van der Waals surface area contributed by atoms with Crippen LogP contribution in [0.4, 0.5) is 0 Å². The predicted octanol–water partition coefficient (Wildman–Crippen LogP) is 1.03. The third-order valence-electron chi connectivity index (χ3n) is 8.91. The largest absolute Gasteiger partial charge is 0.392 e. The average Bonchev–Trinajstić information content (AvgIpc) is 3.05. The van der Waals surface area contributed by atoms with Crippen molar-refractivity contribution in [2.45, 2.75) is 70.2 Å². The number of carbonyl (C=O) groups is 1. The molecule has 6 heteroatoms. The number of aliphatic hydroxyl groups is 3. The molecule has 0 aromatic heterocycles. The number of hydrogen-bond acceptors (Lipinski definition) is 6. The van der Waals surface area contributed by atoms with E-state index < -0.39 is 41.3 Å². The van der Waals surface area contributed by atoms with Gasteiger partial charge in [-0.05, 0) is 42.6 Å². The summed E-state index contributed by atoms with van der Waals surface area (Å²) in [6.07, 6.45) is -1.58. The van der Waals surface area contributed by atoms with Crippen LogP contribution in [0.1, 0.15) is 39.5 Å².